The van der Waals surface area contributed by atoms with Gasteiger partial charge < -0.3 is 29.0 Å². The Morgan fingerprint density at radius 2 is 1.19 bits per heavy atom. The second-order valence-corrected chi connectivity index (χ2v) is 10.8. The summed E-state index contributed by atoms with van der Waals surface area (Å²) in [5, 5.41) is 2.94. The molecule has 256 valence electrons. The highest BCUT2D eigenvalue weighted by Gasteiger charge is 2.14. The van der Waals surface area contributed by atoms with Crippen LogP contribution in [0, 0.1) is 0 Å². The molecule has 2 atom stereocenters. The van der Waals surface area contributed by atoms with Crippen molar-refractivity contribution in [2.45, 2.75) is 59.2 Å². The Kier molecular flexibility index (Phi) is 16.5. The van der Waals surface area contributed by atoms with E-state index in [9.17, 15) is 19.2 Å². The van der Waals surface area contributed by atoms with Gasteiger partial charge in [0.1, 0.15) is 17.2 Å². The number of rotatable bonds is 18. The molecule has 0 heterocycles. The summed E-state index contributed by atoms with van der Waals surface area (Å²) in [6, 6.07) is 17.6. The summed E-state index contributed by atoms with van der Waals surface area (Å²) in [5.74, 6) is -0.494. The van der Waals surface area contributed by atoms with Gasteiger partial charge in [-0.2, -0.15) is 0 Å². The number of carbonyl (C=O) groups excluding carboxylic acids is 4. The molecule has 2 unspecified atom stereocenters. The first kappa shape index (κ1) is 39.1. The van der Waals surface area contributed by atoms with Gasteiger partial charge in [-0.25, -0.2) is 14.4 Å². The largest absolute Gasteiger partial charge is 0.494 e. The average Bonchev–Trinajstić information content (AvgIpc) is 3.06. The highest BCUT2D eigenvalue weighted by Crippen LogP contribution is 2.28. The first-order valence-corrected chi connectivity index (χ1v) is 15.4. The molecular weight excluding hydrogens is 638 g/mol. The van der Waals surface area contributed by atoms with Gasteiger partial charge >= 0.3 is 17.9 Å². The smallest absolute Gasteiger partial charge is 0.343 e. The van der Waals surface area contributed by atoms with Crippen LogP contribution in [0.1, 0.15) is 67.7 Å². The Morgan fingerprint density at radius 1 is 0.729 bits per heavy atom. The van der Waals surface area contributed by atoms with E-state index in [1.807, 2.05) is 0 Å². The van der Waals surface area contributed by atoms with Crippen molar-refractivity contribution >= 4 is 41.1 Å². The predicted octanol–water partition coefficient (Wildman–Crippen LogP) is 8.00. The summed E-state index contributed by atoms with van der Waals surface area (Å²) in [4.78, 5) is 47.9. The molecule has 0 fully saturated rings. The zero-order valence-corrected chi connectivity index (χ0v) is 27.1. The number of nitrogens with one attached hydrogen (secondary N) is 1. The second kappa shape index (κ2) is 20.2. The topological polar surface area (TPSA) is 126 Å². The molecule has 3 rings (SSSR count). The lowest BCUT2D eigenvalue weighted by Gasteiger charge is -2.13. The summed E-state index contributed by atoms with van der Waals surface area (Å²) in [7, 11) is 0. The van der Waals surface area contributed by atoms with Gasteiger partial charge in [-0.15, -0.1) is 0 Å². The number of hydrogen-bond donors (Lipinski definition) is 1. The van der Waals surface area contributed by atoms with E-state index in [-0.39, 0.29) is 36.3 Å². The van der Waals surface area contributed by atoms with Crippen LogP contribution in [0.2, 0.25) is 5.02 Å². The molecule has 48 heavy (non-hydrogen) atoms. The van der Waals surface area contributed by atoms with Crippen LogP contribution in [0.4, 0.5) is 5.69 Å². The molecule has 0 radical (unpaired) electrons. The van der Waals surface area contributed by atoms with Crippen molar-refractivity contribution in [3.05, 3.63) is 108 Å². The van der Waals surface area contributed by atoms with Crippen molar-refractivity contribution in [3.63, 3.8) is 0 Å². The van der Waals surface area contributed by atoms with Gasteiger partial charge in [0.15, 0.2) is 0 Å². The Labute approximate surface area is 286 Å². The first-order valence-electron chi connectivity index (χ1n) is 15.0. The maximum absolute atomic E-state index is 12.8. The lowest BCUT2D eigenvalue weighted by Crippen LogP contribution is -2.14. The van der Waals surface area contributed by atoms with Crippen LogP contribution in [0.25, 0.3) is 0 Å². The van der Waals surface area contributed by atoms with E-state index in [1.54, 1.807) is 68.4 Å². The minimum Gasteiger partial charge on any atom is -0.494 e. The molecule has 0 saturated carbocycles. The van der Waals surface area contributed by atoms with Crippen molar-refractivity contribution in [1.82, 2.24) is 0 Å². The summed E-state index contributed by atoms with van der Waals surface area (Å²) >= 11 is 6.37. The fourth-order valence-electron chi connectivity index (χ4n) is 4.14. The number of hydrogen-bond acceptors (Lipinski definition) is 9. The van der Waals surface area contributed by atoms with Gasteiger partial charge in [-0.3, -0.25) is 4.79 Å². The van der Waals surface area contributed by atoms with E-state index in [1.165, 1.54) is 12.1 Å². The van der Waals surface area contributed by atoms with Crippen LogP contribution < -0.4 is 19.5 Å². The minimum absolute atomic E-state index is 0. The predicted molar refractivity (Wildman–Crippen MR) is 185 cm³/mol. The van der Waals surface area contributed by atoms with Gasteiger partial charge in [-0.05, 0) is 100 Å². The van der Waals surface area contributed by atoms with Crippen LogP contribution in [0.15, 0.2) is 92.0 Å². The number of ether oxygens (including phenoxy) is 5. The summed E-state index contributed by atoms with van der Waals surface area (Å²) < 4.78 is 27.1. The maximum Gasteiger partial charge on any atom is 0.343 e. The van der Waals surface area contributed by atoms with E-state index in [0.717, 1.165) is 12.2 Å². The molecule has 1 amide bonds. The van der Waals surface area contributed by atoms with Gasteiger partial charge in [0, 0.05) is 23.8 Å². The third-order valence-electron chi connectivity index (χ3n) is 6.62. The van der Waals surface area contributed by atoms with Crippen molar-refractivity contribution in [3.8, 4) is 17.2 Å². The van der Waals surface area contributed by atoms with Crippen LogP contribution in [-0.2, 0) is 19.1 Å². The fourth-order valence-corrected chi connectivity index (χ4v) is 4.36. The third-order valence-corrected chi connectivity index (χ3v) is 6.93. The maximum atomic E-state index is 12.8. The molecule has 0 saturated heterocycles. The SMILES string of the molecule is C.C=CC(=O)OC(C)CCCOc1ccc(C(=O)Nc2ccc(OC(=O)c3ccc(OCCCC(C)OC(=O)C=C)cc3)cc2Cl)cc1. The molecule has 0 aliphatic carbocycles. The van der Waals surface area contributed by atoms with Gasteiger partial charge in [0.25, 0.3) is 5.91 Å². The Bertz CT molecular complexity index is 1540. The van der Waals surface area contributed by atoms with Gasteiger partial charge in [-0.1, -0.05) is 32.2 Å². The van der Waals surface area contributed by atoms with Crippen molar-refractivity contribution in [1.29, 1.82) is 0 Å². The minimum atomic E-state index is -0.588. The molecule has 3 aromatic carbocycles. The van der Waals surface area contributed by atoms with Crippen LogP contribution >= 0.6 is 11.6 Å². The second-order valence-electron chi connectivity index (χ2n) is 10.4. The molecule has 11 heteroatoms. The molecule has 1 N–H and O–H groups in total. The summed E-state index contributed by atoms with van der Waals surface area (Å²) in [6.45, 7) is 11.2. The standard InChI is InChI=1S/C36H38ClNO9.CH4/c1-5-33(39)45-24(3)9-7-21-43-28-15-11-26(12-16-28)35(41)38-32-20-19-30(23-31(32)37)47-36(42)27-13-17-29(18-14-27)44-22-8-10-25(4)46-34(40)6-2;/h5-6,11-20,23-25H,1-2,7-10,21-22H2,3-4H3,(H,38,41);1H4. The Balaban J connectivity index is 0.00000800. The zero-order chi connectivity index (χ0) is 34.2. The fraction of sp³-hybridized carbons (Fsp3) is 0.297. The number of carbonyl (C=O) groups is 4. The summed E-state index contributed by atoms with van der Waals surface area (Å²) in [5.41, 5.74) is 1.05. The number of esters is 3. The zero-order valence-electron chi connectivity index (χ0n) is 26.4. The van der Waals surface area contributed by atoms with E-state index >= 15 is 0 Å². The molecular formula is C37H42ClNO9. The normalized spacial score (nSPS) is 11.5. The van der Waals surface area contributed by atoms with Crippen molar-refractivity contribution < 1.29 is 42.9 Å². The van der Waals surface area contributed by atoms with E-state index in [2.05, 4.69) is 18.5 Å². The molecule has 0 bridgehead atoms. The van der Waals surface area contributed by atoms with Crippen LogP contribution in [0.3, 0.4) is 0 Å². The lowest BCUT2D eigenvalue weighted by atomic mass is 10.2. The molecule has 0 aliphatic heterocycles. The monoisotopic (exact) mass is 679 g/mol. The van der Waals surface area contributed by atoms with Crippen molar-refractivity contribution in [2.24, 2.45) is 0 Å². The van der Waals surface area contributed by atoms with E-state index < -0.39 is 17.9 Å². The molecule has 0 aliphatic rings. The van der Waals surface area contributed by atoms with Crippen LogP contribution in [-0.4, -0.2) is 49.2 Å². The van der Waals surface area contributed by atoms with Gasteiger partial charge in [0.2, 0.25) is 0 Å². The first-order chi connectivity index (χ1) is 22.6. The summed E-state index contributed by atoms with van der Waals surface area (Å²) in [6.07, 6.45) is 4.41. The molecule has 0 spiro atoms. The van der Waals surface area contributed by atoms with E-state index in [0.29, 0.717) is 67.2 Å². The molecule has 10 nitrogen and oxygen atoms in total. The number of anilines is 1. The van der Waals surface area contributed by atoms with Gasteiger partial charge in [0.05, 0.1) is 41.7 Å². The number of amides is 1. The third kappa shape index (κ3) is 13.3. The Morgan fingerprint density at radius 3 is 1.65 bits per heavy atom. The number of halogens is 1. The molecule has 0 aromatic heterocycles. The Hall–Kier alpha value is -5.09. The van der Waals surface area contributed by atoms with Crippen LogP contribution in [0.5, 0.6) is 17.2 Å². The number of benzene rings is 3. The quantitative estimate of drug-likeness (QED) is 0.0616. The van der Waals surface area contributed by atoms with Crippen molar-refractivity contribution in [2.75, 3.05) is 18.5 Å². The lowest BCUT2D eigenvalue weighted by molar-refractivity contribution is -0.143. The molecule has 3 aromatic rings. The average molecular weight is 680 g/mol. The van der Waals surface area contributed by atoms with E-state index in [4.69, 9.17) is 35.3 Å². The highest BCUT2D eigenvalue weighted by atomic mass is 35.5. The highest BCUT2D eigenvalue weighted by molar-refractivity contribution is 6.34.